The number of H-pyrrole nitrogens is 1. The molecule has 10 heteroatoms. The second-order valence-corrected chi connectivity index (χ2v) is 14.7. The molecule has 0 bridgehead atoms. The van der Waals surface area contributed by atoms with Gasteiger partial charge in [-0.2, -0.15) is 0 Å². The van der Waals surface area contributed by atoms with Crippen LogP contribution in [0, 0.1) is 5.92 Å². The van der Waals surface area contributed by atoms with Crippen LogP contribution in [0.5, 0.6) is 0 Å². The largest absolute Gasteiger partial charge is 0.411 e. The minimum Gasteiger partial charge on any atom is -0.411 e. The number of carbonyl (C=O) groups excluding carboxylic acids is 1. The highest BCUT2D eigenvalue weighted by molar-refractivity contribution is 6.74. The van der Waals surface area contributed by atoms with E-state index in [1.54, 1.807) is 0 Å². The van der Waals surface area contributed by atoms with Crippen molar-refractivity contribution in [1.29, 1.82) is 0 Å². The van der Waals surface area contributed by atoms with Crippen molar-refractivity contribution in [1.82, 2.24) is 15.0 Å². The molecule has 2 heterocycles. The number of hydrogen-bond acceptors (Lipinski definition) is 6. The zero-order chi connectivity index (χ0) is 23.0. The lowest BCUT2D eigenvalue weighted by Crippen LogP contribution is -2.48. The molecule has 0 unspecified atom stereocenters. The maximum Gasteiger partial charge on any atom is 0.199 e. The average molecular weight is 469 g/mol. The van der Waals surface area contributed by atoms with E-state index in [9.17, 15) is 9.90 Å². The Morgan fingerprint density at radius 1 is 1.45 bits per heavy atom. The van der Waals surface area contributed by atoms with Crippen molar-refractivity contribution < 1.29 is 18.7 Å². The Balaban J connectivity index is 1.81. The molecule has 0 aromatic carbocycles. The normalized spacial score (nSPS) is 24.4. The number of aromatic amines is 1. The number of rotatable bonds is 7. The third-order valence-electron chi connectivity index (χ3n) is 6.38. The summed E-state index contributed by atoms with van der Waals surface area (Å²) in [6, 6.07) is 0.863. The summed E-state index contributed by atoms with van der Waals surface area (Å²) in [5.74, 6) is -0.423. The van der Waals surface area contributed by atoms with E-state index < -0.39 is 26.6 Å². The van der Waals surface area contributed by atoms with Gasteiger partial charge in [-0.15, -0.1) is 0 Å². The van der Waals surface area contributed by atoms with Crippen molar-refractivity contribution in [3.05, 3.63) is 41.1 Å². The van der Waals surface area contributed by atoms with Crippen molar-refractivity contribution in [2.45, 2.75) is 63.6 Å². The Hall–Kier alpha value is -1.81. The first-order valence-electron chi connectivity index (χ1n) is 10.3. The SMILES string of the molecule is CC(C)(C)[Si](C)(C)O[C@@H]1[C@@H](CO)C[C@@H](Nc2ncncc2C(=O)c2c[nH]c(Cl)c2)[C@H]1F. The van der Waals surface area contributed by atoms with E-state index >= 15 is 4.39 Å². The number of aliphatic hydroxyl groups excluding tert-OH is 1. The van der Waals surface area contributed by atoms with Crippen molar-refractivity contribution in [2.75, 3.05) is 11.9 Å². The standard InChI is InChI=1S/C21H30ClFN4O3Si/c1-21(2,3)31(4,5)30-19-13(10-28)6-15(17(19)23)27-20-14(9-24-11-26-20)18(29)12-7-16(22)25-8-12/h7-9,11,13,15,17,19,25,28H,6,10H2,1-5H3,(H,24,26,27)/t13-,15-,17-,19-/m1/s1. The third-order valence-corrected chi connectivity index (χ3v) is 11.1. The summed E-state index contributed by atoms with van der Waals surface area (Å²) in [6.07, 6.45) is 2.50. The Bertz CT molecular complexity index is 933. The molecule has 3 rings (SSSR count). The summed E-state index contributed by atoms with van der Waals surface area (Å²) in [5, 5.41) is 13.2. The number of carbonyl (C=O) groups is 1. The van der Waals surface area contributed by atoms with Gasteiger partial charge in [-0.3, -0.25) is 4.79 Å². The molecule has 1 fully saturated rings. The van der Waals surface area contributed by atoms with Gasteiger partial charge >= 0.3 is 0 Å². The van der Waals surface area contributed by atoms with Crippen LogP contribution >= 0.6 is 11.6 Å². The molecule has 0 radical (unpaired) electrons. The number of nitrogens with one attached hydrogen (secondary N) is 2. The Morgan fingerprint density at radius 3 is 2.74 bits per heavy atom. The molecule has 2 aromatic rings. The predicted molar refractivity (Wildman–Crippen MR) is 121 cm³/mol. The molecule has 3 N–H and O–H groups in total. The van der Waals surface area contributed by atoms with Gasteiger partial charge in [0.1, 0.15) is 23.5 Å². The number of anilines is 1. The summed E-state index contributed by atoms with van der Waals surface area (Å²) >= 11 is 5.88. The van der Waals surface area contributed by atoms with Gasteiger partial charge in [0.2, 0.25) is 0 Å². The monoisotopic (exact) mass is 468 g/mol. The molecule has 31 heavy (non-hydrogen) atoms. The highest BCUT2D eigenvalue weighted by atomic mass is 35.5. The number of aromatic nitrogens is 3. The summed E-state index contributed by atoms with van der Waals surface area (Å²) in [5.41, 5.74) is 0.582. The number of aliphatic hydroxyl groups is 1. The fraction of sp³-hybridized carbons (Fsp3) is 0.571. The second-order valence-electron chi connectivity index (χ2n) is 9.57. The maximum atomic E-state index is 15.5. The van der Waals surface area contributed by atoms with Crippen LogP contribution < -0.4 is 5.32 Å². The lowest BCUT2D eigenvalue weighted by Gasteiger charge is -2.40. The van der Waals surface area contributed by atoms with Crippen LogP contribution in [-0.4, -0.2) is 59.1 Å². The molecule has 2 aromatic heterocycles. The predicted octanol–water partition coefficient (Wildman–Crippen LogP) is 4.21. The number of hydrogen-bond donors (Lipinski definition) is 3. The Labute approximate surface area is 187 Å². The molecule has 0 saturated heterocycles. The molecule has 1 aliphatic carbocycles. The fourth-order valence-electron chi connectivity index (χ4n) is 3.51. The summed E-state index contributed by atoms with van der Waals surface area (Å²) in [7, 11) is -2.24. The number of alkyl halides is 1. The van der Waals surface area contributed by atoms with Gasteiger partial charge in [0.05, 0.1) is 17.7 Å². The van der Waals surface area contributed by atoms with Crippen LogP contribution in [0.3, 0.4) is 0 Å². The highest BCUT2D eigenvalue weighted by Crippen LogP contribution is 2.42. The molecule has 170 valence electrons. The molecular weight excluding hydrogens is 439 g/mol. The van der Waals surface area contributed by atoms with Crippen LogP contribution in [0.4, 0.5) is 10.2 Å². The van der Waals surface area contributed by atoms with Gasteiger partial charge in [0, 0.05) is 30.5 Å². The zero-order valence-electron chi connectivity index (χ0n) is 18.4. The van der Waals surface area contributed by atoms with Crippen LogP contribution in [0.1, 0.15) is 43.1 Å². The van der Waals surface area contributed by atoms with Gasteiger partial charge in [-0.05, 0) is 30.6 Å². The van der Waals surface area contributed by atoms with E-state index in [0.717, 1.165) is 0 Å². The smallest absolute Gasteiger partial charge is 0.199 e. The Morgan fingerprint density at radius 2 is 2.16 bits per heavy atom. The van der Waals surface area contributed by atoms with E-state index in [1.807, 2.05) is 0 Å². The molecular formula is C21H30ClFN4O3Si. The summed E-state index contributed by atoms with van der Waals surface area (Å²) < 4.78 is 21.9. The minimum atomic E-state index is -2.24. The molecule has 0 aliphatic heterocycles. The van der Waals surface area contributed by atoms with Gasteiger partial charge in [-0.25, -0.2) is 14.4 Å². The molecule has 7 nitrogen and oxygen atoms in total. The van der Waals surface area contributed by atoms with Crippen LogP contribution in [0.25, 0.3) is 0 Å². The molecule has 4 atom stereocenters. The van der Waals surface area contributed by atoms with E-state index in [2.05, 4.69) is 54.1 Å². The lowest BCUT2D eigenvalue weighted by molar-refractivity contribution is 0.0530. The minimum absolute atomic E-state index is 0.0810. The van der Waals surface area contributed by atoms with Gasteiger partial charge < -0.3 is 19.8 Å². The van der Waals surface area contributed by atoms with Gasteiger partial charge in [-0.1, -0.05) is 32.4 Å². The van der Waals surface area contributed by atoms with Gasteiger partial charge in [0.15, 0.2) is 14.1 Å². The topological polar surface area (TPSA) is 100 Å². The summed E-state index contributed by atoms with van der Waals surface area (Å²) in [4.78, 5) is 23.7. The second kappa shape index (κ2) is 8.97. The van der Waals surface area contributed by atoms with Crippen LogP contribution in [0.15, 0.2) is 24.8 Å². The summed E-state index contributed by atoms with van der Waals surface area (Å²) in [6.45, 7) is 10.2. The first-order chi connectivity index (χ1) is 14.4. The number of halogens is 2. The highest BCUT2D eigenvalue weighted by Gasteiger charge is 2.49. The molecule has 1 saturated carbocycles. The van der Waals surface area contributed by atoms with E-state index in [4.69, 9.17) is 16.0 Å². The van der Waals surface area contributed by atoms with Crippen molar-refractivity contribution >= 4 is 31.5 Å². The van der Waals surface area contributed by atoms with E-state index in [0.29, 0.717) is 17.1 Å². The average Bonchev–Trinajstić information content (AvgIpc) is 3.25. The zero-order valence-corrected chi connectivity index (χ0v) is 20.2. The van der Waals surface area contributed by atoms with Crippen molar-refractivity contribution in [2.24, 2.45) is 5.92 Å². The molecule has 0 spiro atoms. The van der Waals surface area contributed by atoms with Gasteiger partial charge in [0.25, 0.3) is 0 Å². The first-order valence-corrected chi connectivity index (χ1v) is 13.6. The van der Waals surface area contributed by atoms with E-state index in [-0.39, 0.29) is 34.7 Å². The van der Waals surface area contributed by atoms with Crippen LogP contribution in [-0.2, 0) is 4.43 Å². The third kappa shape index (κ3) is 5.00. The van der Waals surface area contributed by atoms with E-state index in [1.165, 1.54) is 24.8 Å². The lowest BCUT2D eigenvalue weighted by atomic mass is 10.1. The van der Waals surface area contributed by atoms with Crippen molar-refractivity contribution in [3.8, 4) is 0 Å². The number of nitrogens with zero attached hydrogens (tertiary/aromatic N) is 2. The number of ketones is 1. The fourth-order valence-corrected chi connectivity index (χ4v) is 5.04. The first kappa shape index (κ1) is 23.8. The maximum absolute atomic E-state index is 15.5. The van der Waals surface area contributed by atoms with Crippen molar-refractivity contribution in [3.63, 3.8) is 0 Å². The van der Waals surface area contributed by atoms with Crippen LogP contribution in [0.2, 0.25) is 23.3 Å². The molecule has 1 aliphatic rings. The molecule has 0 amide bonds. The quantitative estimate of drug-likeness (QED) is 0.415. The Kier molecular flexibility index (Phi) is 6.90.